The largest absolute Gasteiger partial charge is 0.490 e. The van der Waals surface area contributed by atoms with Crippen LogP contribution in [-0.2, 0) is 9.59 Å². The Labute approximate surface area is 145 Å². The van der Waals surface area contributed by atoms with Crippen LogP contribution in [0.5, 0.6) is 5.75 Å². The van der Waals surface area contributed by atoms with Crippen molar-refractivity contribution in [3.8, 4) is 5.75 Å². The second kappa shape index (κ2) is 7.37. The molecule has 2 heterocycles. The summed E-state index contributed by atoms with van der Waals surface area (Å²) in [5.74, 6) is -1.53. The number of fused-ring (bicyclic) bond motifs is 1. The Balaban J connectivity index is 1.58. The summed E-state index contributed by atoms with van der Waals surface area (Å²) in [5, 5.41) is 2.80. The van der Waals surface area contributed by atoms with Crippen molar-refractivity contribution in [1.29, 1.82) is 0 Å². The maximum Gasteiger partial charge on any atom is 0.223 e. The van der Waals surface area contributed by atoms with Gasteiger partial charge in [-0.1, -0.05) is 6.92 Å². The summed E-state index contributed by atoms with van der Waals surface area (Å²) in [7, 11) is 0. The molecule has 1 atom stereocenters. The number of benzene rings is 1. The first-order valence-corrected chi connectivity index (χ1v) is 8.69. The number of piperidine rings is 1. The maximum atomic E-state index is 14.0. The molecule has 0 saturated carbocycles. The average Bonchev–Trinajstić information content (AvgIpc) is 2.98. The van der Waals surface area contributed by atoms with Crippen LogP contribution >= 0.6 is 0 Å². The van der Waals surface area contributed by atoms with Crippen molar-refractivity contribution in [2.75, 3.05) is 19.7 Å². The van der Waals surface area contributed by atoms with Gasteiger partial charge in [0.15, 0.2) is 0 Å². The normalized spacial score (nSPS) is 20.1. The molecule has 2 amide bonds. The van der Waals surface area contributed by atoms with E-state index < -0.39 is 17.7 Å². The Bertz CT molecular complexity index is 673. The van der Waals surface area contributed by atoms with Crippen molar-refractivity contribution in [2.45, 2.75) is 38.6 Å². The highest BCUT2D eigenvalue weighted by Crippen LogP contribution is 2.35. The number of rotatable bonds is 4. The molecule has 1 unspecified atom stereocenters. The molecular formula is C18H22F2N2O3. The average molecular weight is 352 g/mol. The maximum absolute atomic E-state index is 14.0. The minimum Gasteiger partial charge on any atom is -0.490 e. The summed E-state index contributed by atoms with van der Waals surface area (Å²) >= 11 is 0. The Hall–Kier alpha value is -2.18. The molecule has 0 spiro atoms. The highest BCUT2D eigenvalue weighted by Gasteiger charge is 2.33. The smallest absolute Gasteiger partial charge is 0.223 e. The van der Waals surface area contributed by atoms with Gasteiger partial charge in [-0.15, -0.1) is 0 Å². The quantitative estimate of drug-likeness (QED) is 0.906. The highest BCUT2D eigenvalue weighted by molar-refractivity contribution is 5.80. The molecule has 25 heavy (non-hydrogen) atoms. The summed E-state index contributed by atoms with van der Waals surface area (Å²) < 4.78 is 32.5. The topological polar surface area (TPSA) is 58.6 Å². The van der Waals surface area contributed by atoms with Crippen LogP contribution in [0, 0.1) is 17.6 Å². The third kappa shape index (κ3) is 3.75. The molecule has 2 aliphatic rings. The number of ether oxygens (including phenoxy) is 1. The van der Waals surface area contributed by atoms with Crippen LogP contribution in [0.4, 0.5) is 8.78 Å². The fraction of sp³-hybridized carbons (Fsp3) is 0.556. The number of halogens is 2. The number of nitrogens with zero attached hydrogens (tertiary/aromatic N) is 1. The number of likely N-dealkylation sites (tertiary alicyclic amines) is 1. The van der Waals surface area contributed by atoms with Crippen molar-refractivity contribution in [1.82, 2.24) is 10.2 Å². The van der Waals surface area contributed by atoms with Crippen LogP contribution in [0.2, 0.25) is 0 Å². The fourth-order valence-electron chi connectivity index (χ4n) is 3.44. The zero-order valence-electron chi connectivity index (χ0n) is 14.2. The number of carbonyl (C=O) groups excluding carboxylic acids is 2. The Morgan fingerprint density at radius 3 is 2.68 bits per heavy atom. The van der Waals surface area contributed by atoms with E-state index in [9.17, 15) is 18.4 Å². The third-order valence-corrected chi connectivity index (χ3v) is 4.81. The van der Waals surface area contributed by atoms with E-state index in [0.717, 1.165) is 18.6 Å². The van der Waals surface area contributed by atoms with Crippen molar-refractivity contribution >= 4 is 11.8 Å². The molecule has 136 valence electrons. The molecule has 7 heteroatoms. The zero-order chi connectivity index (χ0) is 18.0. The summed E-state index contributed by atoms with van der Waals surface area (Å²) in [6.07, 6.45) is 2.52. The third-order valence-electron chi connectivity index (χ3n) is 4.81. The number of amides is 2. The van der Waals surface area contributed by atoms with Crippen molar-refractivity contribution < 1.29 is 23.1 Å². The van der Waals surface area contributed by atoms with Gasteiger partial charge in [-0.25, -0.2) is 8.78 Å². The zero-order valence-corrected chi connectivity index (χ0v) is 14.2. The van der Waals surface area contributed by atoms with Crippen LogP contribution in [0.3, 0.4) is 0 Å². The molecule has 0 radical (unpaired) electrons. The summed E-state index contributed by atoms with van der Waals surface area (Å²) in [5.41, 5.74) is 0.199. The van der Waals surface area contributed by atoms with Crippen LogP contribution in [0.25, 0.3) is 0 Å². The van der Waals surface area contributed by atoms with E-state index in [1.807, 2.05) is 6.92 Å². The van der Waals surface area contributed by atoms with Crippen molar-refractivity contribution in [3.05, 3.63) is 29.3 Å². The first kappa shape index (κ1) is 17.6. The predicted molar refractivity (Wildman–Crippen MR) is 86.9 cm³/mol. The van der Waals surface area contributed by atoms with Crippen molar-refractivity contribution in [3.63, 3.8) is 0 Å². The lowest BCUT2D eigenvalue weighted by molar-refractivity contribution is -0.135. The lowest BCUT2D eigenvalue weighted by Gasteiger charge is -2.31. The number of hydrogen-bond acceptors (Lipinski definition) is 3. The second-order valence-corrected chi connectivity index (χ2v) is 6.58. The number of nitrogens with one attached hydrogen (secondary N) is 1. The van der Waals surface area contributed by atoms with Gasteiger partial charge in [0, 0.05) is 37.6 Å². The Kier molecular flexibility index (Phi) is 5.20. The first-order chi connectivity index (χ1) is 12.0. The standard InChI is InChI=1S/C18H22F2N2O3/c1-2-3-16(23)22-6-4-11(5-7-22)18(24)21-14-10-25-15-9-12(19)8-13(20)17(14)15/h8-9,11,14H,2-7,10H2,1H3,(H,21,24). The van der Waals surface area contributed by atoms with Crippen molar-refractivity contribution in [2.24, 2.45) is 5.92 Å². The van der Waals surface area contributed by atoms with Crippen LogP contribution in [0.15, 0.2) is 12.1 Å². The number of hydrogen-bond donors (Lipinski definition) is 1. The molecule has 1 saturated heterocycles. The van der Waals surface area contributed by atoms with Crippen LogP contribution < -0.4 is 10.1 Å². The molecule has 0 aliphatic carbocycles. The summed E-state index contributed by atoms with van der Waals surface area (Å²) in [6.45, 7) is 3.18. The van der Waals surface area contributed by atoms with E-state index in [0.29, 0.717) is 32.4 Å². The SMILES string of the molecule is CCCC(=O)N1CCC(C(=O)NC2COc3cc(F)cc(F)c32)CC1. The molecule has 0 aromatic heterocycles. The highest BCUT2D eigenvalue weighted by atomic mass is 19.1. The van der Waals surface area contributed by atoms with Gasteiger partial charge in [0.2, 0.25) is 11.8 Å². The second-order valence-electron chi connectivity index (χ2n) is 6.58. The Morgan fingerprint density at radius 1 is 1.28 bits per heavy atom. The molecule has 3 rings (SSSR count). The van der Waals surface area contributed by atoms with Gasteiger partial charge < -0.3 is 15.0 Å². The fourth-order valence-corrected chi connectivity index (χ4v) is 3.44. The van der Waals surface area contributed by atoms with E-state index in [1.165, 1.54) is 0 Å². The molecule has 0 bridgehead atoms. The van der Waals surface area contributed by atoms with E-state index in [-0.39, 0.29) is 35.7 Å². The van der Waals surface area contributed by atoms with E-state index in [4.69, 9.17) is 4.74 Å². The number of carbonyl (C=O) groups is 2. The Morgan fingerprint density at radius 2 is 2.00 bits per heavy atom. The molecule has 2 aliphatic heterocycles. The van der Waals surface area contributed by atoms with E-state index in [2.05, 4.69) is 5.32 Å². The molecule has 5 nitrogen and oxygen atoms in total. The van der Waals surface area contributed by atoms with Gasteiger partial charge in [-0.3, -0.25) is 9.59 Å². The minimum atomic E-state index is -0.710. The van der Waals surface area contributed by atoms with Gasteiger partial charge in [-0.05, 0) is 19.3 Å². The molecule has 1 N–H and O–H groups in total. The molecule has 1 aromatic carbocycles. The minimum absolute atomic E-state index is 0.0925. The lowest BCUT2D eigenvalue weighted by Crippen LogP contribution is -2.43. The molecular weight excluding hydrogens is 330 g/mol. The lowest BCUT2D eigenvalue weighted by atomic mass is 9.95. The van der Waals surface area contributed by atoms with Crippen LogP contribution in [-0.4, -0.2) is 36.4 Å². The van der Waals surface area contributed by atoms with E-state index in [1.54, 1.807) is 4.90 Å². The summed E-state index contributed by atoms with van der Waals surface area (Å²) in [4.78, 5) is 26.2. The van der Waals surface area contributed by atoms with Gasteiger partial charge in [-0.2, -0.15) is 0 Å². The van der Waals surface area contributed by atoms with Gasteiger partial charge in [0.25, 0.3) is 0 Å². The molecule has 1 fully saturated rings. The van der Waals surface area contributed by atoms with Gasteiger partial charge in [0.05, 0.1) is 11.6 Å². The first-order valence-electron chi connectivity index (χ1n) is 8.69. The van der Waals surface area contributed by atoms with Crippen LogP contribution in [0.1, 0.15) is 44.2 Å². The van der Waals surface area contributed by atoms with E-state index >= 15 is 0 Å². The predicted octanol–water partition coefficient (Wildman–Crippen LogP) is 2.55. The summed E-state index contributed by atoms with van der Waals surface area (Å²) in [6, 6.07) is 1.32. The van der Waals surface area contributed by atoms with Gasteiger partial charge in [0.1, 0.15) is 24.0 Å². The molecule has 1 aromatic rings. The van der Waals surface area contributed by atoms with Gasteiger partial charge >= 0.3 is 0 Å². The monoisotopic (exact) mass is 352 g/mol.